The number of fused-ring (bicyclic) bond motifs is 1. The van der Waals surface area contributed by atoms with Gasteiger partial charge in [0.15, 0.2) is 8.32 Å². The zero-order chi connectivity index (χ0) is 17.3. The van der Waals surface area contributed by atoms with Crippen LogP contribution in [0.15, 0.2) is 0 Å². The van der Waals surface area contributed by atoms with Crippen LogP contribution in [-0.4, -0.2) is 27.6 Å². The lowest BCUT2D eigenvalue weighted by Gasteiger charge is -2.44. The van der Waals surface area contributed by atoms with Gasteiger partial charge in [-0.15, -0.1) is 0 Å². The Labute approximate surface area is 151 Å². The third kappa shape index (κ3) is 3.25. The minimum absolute atomic E-state index is 0.480. The lowest BCUT2D eigenvalue weighted by atomic mass is 9.72. The molecule has 0 aromatic heterocycles. The monoisotopic (exact) mass is 352 g/mol. The van der Waals surface area contributed by atoms with Gasteiger partial charge < -0.3 is 9.16 Å². The SMILES string of the molecule is CC[Si](CC)(OC1C(C)CC2C(OC)CCC(C)C21)C1CCCC1. The summed E-state index contributed by atoms with van der Waals surface area (Å²) in [6.45, 7) is 9.79. The van der Waals surface area contributed by atoms with Gasteiger partial charge in [0.1, 0.15) is 0 Å². The fraction of sp³-hybridized carbons (Fsp3) is 1.00. The van der Waals surface area contributed by atoms with E-state index >= 15 is 0 Å². The predicted molar refractivity (Wildman–Crippen MR) is 104 cm³/mol. The van der Waals surface area contributed by atoms with Crippen LogP contribution in [0.5, 0.6) is 0 Å². The lowest BCUT2D eigenvalue weighted by Crippen LogP contribution is -2.49. The third-order valence-electron chi connectivity index (χ3n) is 8.09. The standard InChI is InChI=1S/C21H40O2Si/c1-6-24(7-2,17-10-8-9-11-17)23-21-16(4)14-18-19(22-5)13-12-15(3)20(18)21/h15-21H,6-14H2,1-5H3. The molecule has 3 heteroatoms. The fourth-order valence-corrected chi connectivity index (χ4v) is 11.2. The van der Waals surface area contributed by atoms with Crippen molar-refractivity contribution in [2.45, 2.75) is 102 Å². The Morgan fingerprint density at radius 3 is 2.17 bits per heavy atom. The highest BCUT2D eigenvalue weighted by Crippen LogP contribution is 2.53. The van der Waals surface area contributed by atoms with E-state index in [1.165, 1.54) is 57.0 Å². The topological polar surface area (TPSA) is 18.5 Å². The normalized spacial score (nSPS) is 40.9. The zero-order valence-corrected chi connectivity index (χ0v) is 17.7. The summed E-state index contributed by atoms with van der Waals surface area (Å²) in [6, 6.07) is 2.63. The van der Waals surface area contributed by atoms with Gasteiger partial charge in [-0.05, 0) is 60.6 Å². The molecule has 0 aliphatic heterocycles. The first kappa shape index (κ1) is 18.9. The van der Waals surface area contributed by atoms with E-state index in [1.807, 2.05) is 7.11 Å². The summed E-state index contributed by atoms with van der Waals surface area (Å²) in [6.07, 6.45) is 10.7. The van der Waals surface area contributed by atoms with Crippen molar-refractivity contribution < 1.29 is 9.16 Å². The van der Waals surface area contributed by atoms with Gasteiger partial charge in [-0.3, -0.25) is 0 Å². The maximum atomic E-state index is 7.31. The van der Waals surface area contributed by atoms with Crippen molar-refractivity contribution in [3.8, 4) is 0 Å². The second-order valence-electron chi connectivity index (χ2n) is 9.12. The zero-order valence-electron chi connectivity index (χ0n) is 16.7. The Hall–Kier alpha value is 0.137. The van der Waals surface area contributed by atoms with E-state index in [0.717, 1.165) is 23.3 Å². The van der Waals surface area contributed by atoms with Crippen LogP contribution in [0.2, 0.25) is 17.6 Å². The number of methoxy groups -OCH3 is 1. The number of hydrogen-bond donors (Lipinski definition) is 0. The molecule has 24 heavy (non-hydrogen) atoms. The van der Waals surface area contributed by atoms with E-state index in [9.17, 15) is 0 Å². The molecule has 0 saturated heterocycles. The Morgan fingerprint density at radius 1 is 0.917 bits per heavy atom. The summed E-state index contributed by atoms with van der Waals surface area (Å²) in [5.74, 6) is 3.00. The van der Waals surface area contributed by atoms with Crippen LogP contribution >= 0.6 is 0 Å². The molecule has 0 aromatic carbocycles. The smallest absolute Gasteiger partial charge is 0.195 e. The average molecular weight is 353 g/mol. The van der Waals surface area contributed by atoms with Gasteiger partial charge in [0.05, 0.1) is 12.2 Å². The molecular formula is C21H40O2Si. The van der Waals surface area contributed by atoms with Crippen molar-refractivity contribution in [1.82, 2.24) is 0 Å². The third-order valence-corrected chi connectivity index (χ3v) is 13.3. The Bertz CT molecular complexity index is 403. The molecule has 3 aliphatic rings. The molecule has 140 valence electrons. The molecule has 0 heterocycles. The van der Waals surface area contributed by atoms with Crippen molar-refractivity contribution >= 4 is 8.32 Å². The fourth-order valence-electron chi connectivity index (χ4n) is 6.62. The molecular weight excluding hydrogens is 312 g/mol. The highest BCUT2D eigenvalue weighted by Gasteiger charge is 2.53. The van der Waals surface area contributed by atoms with Crippen molar-refractivity contribution in [2.75, 3.05) is 7.11 Å². The van der Waals surface area contributed by atoms with Crippen LogP contribution in [0.25, 0.3) is 0 Å². The van der Waals surface area contributed by atoms with E-state index in [1.54, 1.807) is 0 Å². The molecule has 0 bridgehead atoms. The molecule has 0 spiro atoms. The highest BCUT2D eigenvalue weighted by atomic mass is 28.4. The van der Waals surface area contributed by atoms with Gasteiger partial charge in [0.2, 0.25) is 0 Å². The van der Waals surface area contributed by atoms with E-state index in [0.29, 0.717) is 18.1 Å². The van der Waals surface area contributed by atoms with Crippen molar-refractivity contribution in [3.63, 3.8) is 0 Å². The number of rotatable bonds is 6. The molecule has 0 N–H and O–H groups in total. The molecule has 3 saturated carbocycles. The van der Waals surface area contributed by atoms with Crippen LogP contribution in [0, 0.1) is 23.7 Å². The van der Waals surface area contributed by atoms with Crippen LogP contribution in [-0.2, 0) is 9.16 Å². The predicted octanol–water partition coefficient (Wildman–Crippen LogP) is 6.02. The van der Waals surface area contributed by atoms with Crippen LogP contribution in [0.3, 0.4) is 0 Å². The summed E-state index contributed by atoms with van der Waals surface area (Å²) in [4.78, 5) is 0. The summed E-state index contributed by atoms with van der Waals surface area (Å²) in [7, 11) is 0.327. The van der Waals surface area contributed by atoms with Gasteiger partial charge >= 0.3 is 0 Å². The van der Waals surface area contributed by atoms with Crippen LogP contribution < -0.4 is 0 Å². The summed E-state index contributed by atoms with van der Waals surface area (Å²) < 4.78 is 13.2. The van der Waals surface area contributed by atoms with Crippen LogP contribution in [0.4, 0.5) is 0 Å². The maximum absolute atomic E-state index is 7.31. The minimum Gasteiger partial charge on any atom is -0.413 e. The minimum atomic E-state index is -1.60. The van der Waals surface area contributed by atoms with Gasteiger partial charge in [0.25, 0.3) is 0 Å². The molecule has 3 rings (SSSR count). The molecule has 6 atom stereocenters. The lowest BCUT2D eigenvalue weighted by molar-refractivity contribution is -0.0359. The first-order valence-electron chi connectivity index (χ1n) is 10.8. The van der Waals surface area contributed by atoms with Gasteiger partial charge in [-0.1, -0.05) is 53.4 Å². The highest BCUT2D eigenvalue weighted by molar-refractivity contribution is 6.75. The first-order chi connectivity index (χ1) is 11.6. The number of hydrogen-bond acceptors (Lipinski definition) is 2. The summed E-state index contributed by atoms with van der Waals surface area (Å²) in [5.41, 5.74) is 0.927. The Kier molecular flexibility index (Phi) is 6.14. The Morgan fingerprint density at radius 2 is 1.58 bits per heavy atom. The van der Waals surface area contributed by atoms with Crippen molar-refractivity contribution in [2.24, 2.45) is 23.7 Å². The summed E-state index contributed by atoms with van der Waals surface area (Å²) in [5, 5.41) is 0. The van der Waals surface area contributed by atoms with Gasteiger partial charge in [-0.25, -0.2) is 0 Å². The largest absolute Gasteiger partial charge is 0.413 e. The molecule has 0 radical (unpaired) electrons. The molecule has 0 amide bonds. The average Bonchev–Trinajstić information content (AvgIpc) is 3.22. The van der Waals surface area contributed by atoms with Gasteiger partial charge in [0, 0.05) is 7.11 Å². The quantitative estimate of drug-likeness (QED) is 0.544. The van der Waals surface area contributed by atoms with E-state index < -0.39 is 8.32 Å². The van der Waals surface area contributed by atoms with E-state index in [4.69, 9.17) is 9.16 Å². The molecule has 3 aliphatic carbocycles. The molecule has 0 aromatic rings. The first-order valence-corrected chi connectivity index (χ1v) is 13.2. The molecule has 6 unspecified atom stereocenters. The van der Waals surface area contributed by atoms with Crippen molar-refractivity contribution in [1.29, 1.82) is 0 Å². The van der Waals surface area contributed by atoms with Crippen LogP contribution in [0.1, 0.15) is 72.6 Å². The van der Waals surface area contributed by atoms with E-state index in [-0.39, 0.29) is 0 Å². The summed E-state index contributed by atoms with van der Waals surface area (Å²) >= 11 is 0. The maximum Gasteiger partial charge on any atom is 0.195 e. The van der Waals surface area contributed by atoms with Gasteiger partial charge in [-0.2, -0.15) is 0 Å². The molecule has 2 nitrogen and oxygen atoms in total. The number of ether oxygens (including phenoxy) is 1. The van der Waals surface area contributed by atoms with E-state index in [2.05, 4.69) is 27.7 Å². The Balaban J connectivity index is 1.81. The van der Waals surface area contributed by atoms with Crippen molar-refractivity contribution in [3.05, 3.63) is 0 Å². The second-order valence-corrected chi connectivity index (χ2v) is 13.7. The second kappa shape index (κ2) is 7.80. The molecule has 3 fully saturated rings.